The van der Waals surface area contributed by atoms with Crippen LogP contribution < -0.4 is 15.5 Å². The highest BCUT2D eigenvalue weighted by molar-refractivity contribution is 7.14. The Labute approximate surface area is 239 Å². The van der Waals surface area contributed by atoms with Gasteiger partial charge in [0.15, 0.2) is 5.13 Å². The van der Waals surface area contributed by atoms with Gasteiger partial charge in [-0.2, -0.15) is 5.10 Å². The summed E-state index contributed by atoms with van der Waals surface area (Å²) in [6.45, 7) is 0.423. The largest absolute Gasteiger partial charge is 0.487 e. The lowest BCUT2D eigenvalue weighted by Gasteiger charge is -2.08. The molecule has 0 saturated carbocycles. The lowest BCUT2D eigenvalue weighted by atomic mass is 10.1. The highest BCUT2D eigenvalue weighted by Gasteiger charge is 2.09. The molecule has 0 radical (unpaired) electrons. The van der Waals surface area contributed by atoms with Gasteiger partial charge in [-0.15, -0.1) is 11.3 Å². The number of hydrazone groups is 1. The number of ether oxygens (including phenoxy) is 1. The molecular weight excluding hydrogens is 551 g/mol. The summed E-state index contributed by atoms with van der Waals surface area (Å²) in [6, 6.07) is 29.8. The van der Waals surface area contributed by atoms with E-state index in [0.717, 1.165) is 33.2 Å². The fourth-order valence-corrected chi connectivity index (χ4v) is 4.70. The van der Waals surface area contributed by atoms with E-state index in [-0.39, 0.29) is 5.91 Å². The van der Waals surface area contributed by atoms with Crippen molar-refractivity contribution >= 4 is 57.5 Å². The topological polar surface area (TPSA) is 75.6 Å². The third kappa shape index (κ3) is 7.23. The van der Waals surface area contributed by atoms with E-state index in [9.17, 15) is 4.79 Å². The summed E-state index contributed by atoms with van der Waals surface area (Å²) in [6.07, 6.45) is 1.53. The van der Waals surface area contributed by atoms with E-state index >= 15 is 0 Å². The van der Waals surface area contributed by atoms with Crippen LogP contribution in [0.2, 0.25) is 10.0 Å². The van der Waals surface area contributed by atoms with Crippen molar-refractivity contribution in [1.82, 2.24) is 10.4 Å². The van der Waals surface area contributed by atoms with Crippen molar-refractivity contribution in [2.45, 2.75) is 6.61 Å². The Morgan fingerprint density at radius 1 is 0.949 bits per heavy atom. The number of rotatable bonds is 9. The second-order valence-electron chi connectivity index (χ2n) is 8.41. The van der Waals surface area contributed by atoms with Crippen molar-refractivity contribution in [2.75, 3.05) is 5.32 Å². The third-order valence-corrected chi connectivity index (χ3v) is 6.92. The number of nitrogens with one attached hydrogen (secondary N) is 2. The predicted octanol–water partition coefficient (Wildman–Crippen LogP) is 8.20. The second-order valence-corrected chi connectivity index (χ2v) is 10.1. The van der Waals surface area contributed by atoms with Crippen LogP contribution in [0.15, 0.2) is 108 Å². The summed E-state index contributed by atoms with van der Waals surface area (Å²) in [5.41, 5.74) is 7.43. The number of amides is 1. The maximum Gasteiger partial charge on any atom is 0.271 e. The Balaban J connectivity index is 1.14. The van der Waals surface area contributed by atoms with Crippen LogP contribution in [0.4, 0.5) is 10.8 Å². The van der Waals surface area contributed by atoms with Gasteiger partial charge in [-0.25, -0.2) is 10.4 Å². The SMILES string of the molecule is O=C(N/N=C\c1ccc(OCc2ccccc2)c(Cl)c1)c1ccc(-c2csc(Nc3ccc(Cl)cc3)n2)cc1. The molecule has 1 heterocycles. The molecule has 4 aromatic carbocycles. The normalized spacial score (nSPS) is 10.9. The van der Waals surface area contributed by atoms with Crippen LogP contribution in [-0.2, 0) is 6.61 Å². The average molecular weight is 574 g/mol. The fourth-order valence-electron chi connectivity index (χ4n) is 3.59. The zero-order valence-electron chi connectivity index (χ0n) is 20.5. The average Bonchev–Trinajstić information content (AvgIpc) is 3.43. The lowest BCUT2D eigenvalue weighted by molar-refractivity contribution is 0.0955. The standard InChI is InChI=1S/C30H22Cl2N4O2S/c31-24-11-13-25(14-12-24)34-30-35-27(19-39-30)22-7-9-23(10-8-22)29(37)36-33-17-21-6-15-28(26(32)16-21)38-18-20-4-2-1-3-5-20/h1-17,19H,18H2,(H,34,35)(H,36,37)/b33-17-. The van der Waals surface area contributed by atoms with Crippen molar-refractivity contribution in [3.8, 4) is 17.0 Å². The number of benzene rings is 4. The molecule has 0 unspecified atom stereocenters. The van der Waals surface area contributed by atoms with Crippen LogP contribution in [0.25, 0.3) is 11.3 Å². The molecule has 1 aromatic heterocycles. The number of carbonyl (C=O) groups excluding carboxylic acids is 1. The number of anilines is 2. The van der Waals surface area contributed by atoms with Crippen LogP contribution in [0.5, 0.6) is 5.75 Å². The molecule has 0 aliphatic carbocycles. The van der Waals surface area contributed by atoms with Crippen molar-refractivity contribution in [3.05, 3.63) is 129 Å². The van der Waals surface area contributed by atoms with E-state index in [2.05, 4.69) is 20.8 Å². The first kappa shape index (κ1) is 26.4. The van der Waals surface area contributed by atoms with Gasteiger partial charge in [-0.3, -0.25) is 4.79 Å². The van der Waals surface area contributed by atoms with Crippen LogP contribution in [0.1, 0.15) is 21.5 Å². The van der Waals surface area contributed by atoms with Gasteiger partial charge in [0, 0.05) is 27.2 Å². The quantitative estimate of drug-likeness (QED) is 0.138. The molecule has 9 heteroatoms. The first-order valence-corrected chi connectivity index (χ1v) is 13.6. The summed E-state index contributed by atoms with van der Waals surface area (Å²) in [7, 11) is 0. The molecule has 0 spiro atoms. The number of thiazole rings is 1. The van der Waals surface area contributed by atoms with E-state index in [4.69, 9.17) is 27.9 Å². The second kappa shape index (κ2) is 12.6. The number of hydrogen-bond donors (Lipinski definition) is 2. The van der Waals surface area contributed by atoms with Crippen molar-refractivity contribution in [1.29, 1.82) is 0 Å². The van der Waals surface area contributed by atoms with E-state index < -0.39 is 0 Å². The van der Waals surface area contributed by atoms with Crippen molar-refractivity contribution in [3.63, 3.8) is 0 Å². The summed E-state index contributed by atoms with van der Waals surface area (Å²) < 4.78 is 5.79. The first-order chi connectivity index (χ1) is 19.0. The molecule has 5 rings (SSSR count). The molecule has 2 N–H and O–H groups in total. The number of carbonyl (C=O) groups is 1. The molecule has 0 bridgehead atoms. The van der Waals surface area contributed by atoms with Gasteiger partial charge < -0.3 is 10.1 Å². The zero-order chi connectivity index (χ0) is 27.0. The molecule has 0 saturated heterocycles. The van der Waals surface area contributed by atoms with Crippen LogP contribution >= 0.6 is 34.5 Å². The molecule has 39 heavy (non-hydrogen) atoms. The lowest BCUT2D eigenvalue weighted by Crippen LogP contribution is -2.17. The van der Waals surface area contributed by atoms with Gasteiger partial charge >= 0.3 is 0 Å². The Morgan fingerprint density at radius 3 is 2.46 bits per heavy atom. The van der Waals surface area contributed by atoms with Gasteiger partial charge in [0.25, 0.3) is 5.91 Å². The first-order valence-electron chi connectivity index (χ1n) is 11.9. The highest BCUT2D eigenvalue weighted by Crippen LogP contribution is 2.28. The Morgan fingerprint density at radius 2 is 1.72 bits per heavy atom. The molecule has 6 nitrogen and oxygen atoms in total. The van der Waals surface area contributed by atoms with Gasteiger partial charge in [0.05, 0.1) is 16.9 Å². The molecule has 1 amide bonds. The maximum atomic E-state index is 12.6. The molecule has 0 aliphatic rings. The Hall–Kier alpha value is -4.17. The van der Waals surface area contributed by atoms with Crippen molar-refractivity contribution < 1.29 is 9.53 Å². The molecule has 194 valence electrons. The summed E-state index contributed by atoms with van der Waals surface area (Å²) in [5, 5.41) is 11.2. The van der Waals surface area contributed by atoms with Crippen LogP contribution in [-0.4, -0.2) is 17.1 Å². The van der Waals surface area contributed by atoms with E-state index in [0.29, 0.717) is 28.0 Å². The van der Waals surface area contributed by atoms with Gasteiger partial charge in [0.2, 0.25) is 0 Å². The fraction of sp³-hybridized carbons (Fsp3) is 0.0333. The van der Waals surface area contributed by atoms with E-state index in [1.54, 1.807) is 24.3 Å². The number of aromatic nitrogens is 1. The molecule has 5 aromatic rings. The Kier molecular flexibility index (Phi) is 8.53. The molecular formula is C30H22Cl2N4O2S. The van der Waals surface area contributed by atoms with Crippen molar-refractivity contribution in [2.24, 2.45) is 5.10 Å². The van der Waals surface area contributed by atoms with Crippen LogP contribution in [0, 0.1) is 0 Å². The summed E-state index contributed by atoms with van der Waals surface area (Å²) >= 11 is 13.8. The third-order valence-electron chi connectivity index (χ3n) is 5.62. The number of halogens is 2. The van der Waals surface area contributed by atoms with E-state index in [1.165, 1.54) is 17.6 Å². The maximum absolute atomic E-state index is 12.6. The minimum Gasteiger partial charge on any atom is -0.487 e. The zero-order valence-corrected chi connectivity index (χ0v) is 22.8. The Bertz CT molecular complexity index is 1590. The summed E-state index contributed by atoms with van der Waals surface area (Å²) in [4.78, 5) is 17.2. The molecule has 0 atom stereocenters. The number of nitrogens with zero attached hydrogens (tertiary/aromatic N) is 2. The van der Waals surface area contributed by atoms with Gasteiger partial charge in [-0.05, 0) is 65.7 Å². The van der Waals surface area contributed by atoms with Crippen LogP contribution in [0.3, 0.4) is 0 Å². The van der Waals surface area contributed by atoms with E-state index in [1.807, 2.05) is 78.2 Å². The van der Waals surface area contributed by atoms with Gasteiger partial charge in [0.1, 0.15) is 12.4 Å². The smallest absolute Gasteiger partial charge is 0.271 e. The monoisotopic (exact) mass is 572 g/mol. The molecule has 0 fully saturated rings. The molecule has 0 aliphatic heterocycles. The minimum absolute atomic E-state index is 0.324. The predicted molar refractivity (Wildman–Crippen MR) is 160 cm³/mol. The minimum atomic E-state index is -0.324. The highest BCUT2D eigenvalue weighted by atomic mass is 35.5. The summed E-state index contributed by atoms with van der Waals surface area (Å²) in [5.74, 6) is 0.255. The van der Waals surface area contributed by atoms with Gasteiger partial charge in [-0.1, -0.05) is 65.7 Å². The number of hydrogen-bond acceptors (Lipinski definition) is 6.